The third kappa shape index (κ3) is 3.20. The summed E-state index contributed by atoms with van der Waals surface area (Å²) in [6.07, 6.45) is 0. The van der Waals surface area contributed by atoms with Crippen LogP contribution in [0, 0.1) is 11.3 Å². The Morgan fingerprint density at radius 1 is 1.42 bits per heavy atom. The molecule has 0 aliphatic heterocycles. The maximum absolute atomic E-state index is 11.9. The first kappa shape index (κ1) is 12.7. The summed E-state index contributed by atoms with van der Waals surface area (Å²) in [6.45, 7) is -4.93. The van der Waals surface area contributed by atoms with Crippen molar-refractivity contribution < 1.29 is 64.3 Å². The molecule has 0 amide bonds. The van der Waals surface area contributed by atoms with E-state index in [2.05, 4.69) is 0 Å². The Balaban J connectivity index is 0.00000121. The Morgan fingerprint density at radius 3 is 2.25 bits per heavy atom. The van der Waals surface area contributed by atoms with Crippen LogP contribution < -0.4 is 56.8 Å². The van der Waals surface area contributed by atoms with E-state index >= 15 is 0 Å². The van der Waals surface area contributed by atoms with E-state index in [9.17, 15) is 12.9 Å². The summed E-state index contributed by atoms with van der Waals surface area (Å²) in [7, 11) is 0. The van der Waals surface area contributed by atoms with Gasteiger partial charge in [-0.05, 0) is 5.38 Å². The zero-order valence-corrected chi connectivity index (χ0v) is 10.2. The van der Waals surface area contributed by atoms with Crippen LogP contribution in [0.5, 0.6) is 0 Å². The van der Waals surface area contributed by atoms with Gasteiger partial charge >= 0.3 is 58.4 Å². The molecule has 0 aromatic carbocycles. The fourth-order valence-corrected chi connectivity index (χ4v) is 1.32. The van der Waals surface area contributed by atoms with Crippen molar-refractivity contribution in [2.24, 2.45) is 0 Å². The first-order valence-electron chi connectivity index (χ1n) is 2.72. The third-order valence-corrected chi connectivity index (χ3v) is 1.96. The van der Waals surface area contributed by atoms with Gasteiger partial charge in [-0.25, -0.2) is 0 Å². The van der Waals surface area contributed by atoms with Crippen molar-refractivity contribution in [3.63, 3.8) is 0 Å². The standard InChI is InChI=1S/C5H2BF3NS.K/c7-6(8,9)4-1-5(2-10)11-3-4;/h1,3H;/q-1;+1. The molecule has 0 N–H and O–H groups in total. The predicted molar refractivity (Wildman–Crippen MR) is 37.7 cm³/mol. The molecule has 0 aliphatic carbocycles. The van der Waals surface area contributed by atoms with Crippen molar-refractivity contribution in [3.8, 4) is 6.07 Å². The summed E-state index contributed by atoms with van der Waals surface area (Å²) >= 11 is 0.811. The fraction of sp³-hybridized carbons (Fsp3) is 0. The van der Waals surface area contributed by atoms with Crippen molar-refractivity contribution in [1.29, 1.82) is 5.26 Å². The first-order chi connectivity index (χ1) is 5.04. The van der Waals surface area contributed by atoms with Gasteiger partial charge in [-0.1, -0.05) is 11.5 Å². The Hall–Kier alpha value is 0.681. The van der Waals surface area contributed by atoms with Gasteiger partial charge in [0.05, 0.1) is 0 Å². The molecule has 1 aromatic heterocycles. The number of rotatable bonds is 1. The van der Waals surface area contributed by atoms with Gasteiger partial charge in [0.15, 0.2) is 0 Å². The molecule has 1 aromatic rings. The van der Waals surface area contributed by atoms with E-state index in [1.807, 2.05) is 0 Å². The Bertz CT molecular complexity index is 302. The van der Waals surface area contributed by atoms with Gasteiger partial charge in [0.2, 0.25) is 0 Å². The Labute approximate surface area is 114 Å². The number of thiophene rings is 1. The van der Waals surface area contributed by atoms with Gasteiger partial charge < -0.3 is 12.9 Å². The zero-order chi connectivity index (χ0) is 8.48. The minimum atomic E-state index is -4.93. The Kier molecular flexibility index (Phi) is 5.06. The van der Waals surface area contributed by atoms with E-state index in [1.165, 1.54) is 0 Å². The van der Waals surface area contributed by atoms with Crippen LogP contribution in [0.3, 0.4) is 0 Å². The maximum atomic E-state index is 11.9. The monoisotopic (exact) mass is 215 g/mol. The van der Waals surface area contributed by atoms with Gasteiger partial charge in [-0.3, -0.25) is 0 Å². The topological polar surface area (TPSA) is 23.8 Å². The van der Waals surface area contributed by atoms with Gasteiger partial charge in [-0.15, -0.1) is 11.3 Å². The molecular weight excluding hydrogens is 213 g/mol. The number of nitrogens with zero attached hydrogens (tertiary/aromatic N) is 1. The molecule has 12 heavy (non-hydrogen) atoms. The largest absolute Gasteiger partial charge is 1.00 e. The summed E-state index contributed by atoms with van der Waals surface area (Å²) in [6, 6.07) is 2.51. The van der Waals surface area contributed by atoms with Crippen molar-refractivity contribution in [2.45, 2.75) is 0 Å². The van der Waals surface area contributed by atoms with Crippen molar-refractivity contribution in [2.75, 3.05) is 0 Å². The summed E-state index contributed by atoms with van der Waals surface area (Å²) < 4.78 is 35.7. The number of hydrogen-bond acceptors (Lipinski definition) is 2. The molecule has 0 saturated carbocycles. The number of hydrogen-bond donors (Lipinski definition) is 0. The average Bonchev–Trinajstić information content (AvgIpc) is 2.32. The summed E-state index contributed by atoms with van der Waals surface area (Å²) in [5.74, 6) is 0. The van der Waals surface area contributed by atoms with Gasteiger partial charge in [0.25, 0.3) is 0 Å². The van der Waals surface area contributed by atoms with E-state index < -0.39 is 12.4 Å². The zero-order valence-electron chi connectivity index (χ0n) is 6.22. The molecule has 0 fully saturated rings. The van der Waals surface area contributed by atoms with E-state index in [0.717, 1.165) is 22.8 Å². The molecular formula is C5H2BF3KNS. The fourth-order valence-electron chi connectivity index (χ4n) is 0.581. The van der Waals surface area contributed by atoms with E-state index in [-0.39, 0.29) is 56.3 Å². The normalized spacial score (nSPS) is 10.2. The van der Waals surface area contributed by atoms with Crippen molar-refractivity contribution in [3.05, 3.63) is 16.3 Å². The van der Waals surface area contributed by atoms with Crippen LogP contribution in [0.25, 0.3) is 0 Å². The SMILES string of the molecule is N#Cc1cc([B-](F)(F)F)cs1.[K+]. The van der Waals surface area contributed by atoms with Gasteiger partial charge in [0, 0.05) is 0 Å². The molecule has 1 rings (SSSR count). The maximum Gasteiger partial charge on any atom is 1.00 e. The van der Waals surface area contributed by atoms with Crippen LogP contribution >= 0.6 is 11.3 Å². The summed E-state index contributed by atoms with van der Waals surface area (Å²) in [5.41, 5.74) is -0.688. The second kappa shape index (κ2) is 4.79. The number of halogens is 3. The Morgan fingerprint density at radius 2 is 2.00 bits per heavy atom. The summed E-state index contributed by atoms with van der Waals surface area (Å²) in [5, 5.41) is 9.17. The minimum absolute atomic E-state index is 0. The predicted octanol–water partition coefficient (Wildman–Crippen LogP) is -1.32. The second-order valence-corrected chi connectivity index (χ2v) is 2.84. The van der Waals surface area contributed by atoms with Gasteiger partial charge in [-0.2, -0.15) is 5.26 Å². The third-order valence-electron chi connectivity index (χ3n) is 1.11. The molecule has 58 valence electrons. The van der Waals surface area contributed by atoms with Crippen molar-refractivity contribution in [1.82, 2.24) is 0 Å². The molecule has 0 unspecified atom stereocenters. The van der Waals surface area contributed by atoms with Crippen LogP contribution in [0.4, 0.5) is 12.9 Å². The average molecular weight is 215 g/mol. The molecule has 0 radical (unpaired) electrons. The molecule has 0 bridgehead atoms. The van der Waals surface area contributed by atoms with Crippen LogP contribution in [-0.4, -0.2) is 6.98 Å². The molecule has 1 heterocycles. The molecule has 1 nitrogen and oxygen atoms in total. The van der Waals surface area contributed by atoms with Crippen LogP contribution in [0.1, 0.15) is 4.88 Å². The van der Waals surface area contributed by atoms with E-state index in [0.29, 0.717) is 0 Å². The molecule has 0 saturated heterocycles. The van der Waals surface area contributed by atoms with Crippen LogP contribution in [0.2, 0.25) is 0 Å². The van der Waals surface area contributed by atoms with E-state index in [4.69, 9.17) is 5.26 Å². The van der Waals surface area contributed by atoms with Crippen LogP contribution in [0.15, 0.2) is 11.4 Å². The number of nitriles is 1. The second-order valence-electron chi connectivity index (χ2n) is 1.93. The molecule has 0 aliphatic rings. The summed E-state index contributed by atoms with van der Waals surface area (Å²) in [4.78, 5) is 0.0965. The van der Waals surface area contributed by atoms with Gasteiger partial charge in [0.1, 0.15) is 10.9 Å². The molecule has 0 spiro atoms. The van der Waals surface area contributed by atoms with Crippen LogP contribution in [-0.2, 0) is 0 Å². The first-order valence-corrected chi connectivity index (χ1v) is 3.60. The quantitative estimate of drug-likeness (QED) is 0.533. The minimum Gasteiger partial charge on any atom is -0.445 e. The van der Waals surface area contributed by atoms with E-state index in [1.54, 1.807) is 6.07 Å². The smallest absolute Gasteiger partial charge is 0.445 e. The van der Waals surface area contributed by atoms with Crippen molar-refractivity contribution >= 4 is 23.8 Å². The molecule has 0 atom stereocenters. The molecule has 7 heteroatoms.